The molecule has 1 aliphatic heterocycles. The molecule has 3 aromatic rings. The van der Waals surface area contributed by atoms with E-state index in [4.69, 9.17) is 9.47 Å². The molecule has 1 saturated heterocycles. The van der Waals surface area contributed by atoms with Gasteiger partial charge in [-0.1, -0.05) is 97.4 Å². The van der Waals surface area contributed by atoms with Crippen LogP contribution < -0.4 is 15.5 Å². The molecule has 0 radical (unpaired) electrons. The Kier molecular flexibility index (Phi) is 21.6. The van der Waals surface area contributed by atoms with Gasteiger partial charge in [0, 0.05) is 65.2 Å². The molecule has 4 rings (SSSR count). The Morgan fingerprint density at radius 2 is 1.55 bits per heavy atom. The second kappa shape index (κ2) is 26.2. The van der Waals surface area contributed by atoms with Gasteiger partial charge in [-0.3, -0.25) is 24.1 Å². The fraction of sp³-hybridized carbons (Fsp3) is 0.635. The van der Waals surface area contributed by atoms with E-state index in [0.717, 1.165) is 36.4 Å². The third-order valence-corrected chi connectivity index (χ3v) is 14.7. The molecule has 9 atom stereocenters. The highest BCUT2D eigenvalue weighted by Crippen LogP contribution is 2.31. The van der Waals surface area contributed by atoms with Gasteiger partial charge < -0.3 is 34.8 Å². The van der Waals surface area contributed by atoms with Crippen LogP contribution in [0.15, 0.2) is 66.2 Å². The van der Waals surface area contributed by atoms with Crippen LogP contribution in [0.2, 0.25) is 0 Å². The predicted octanol–water partition coefficient (Wildman–Crippen LogP) is 7.26. The third kappa shape index (κ3) is 14.3. The van der Waals surface area contributed by atoms with Crippen molar-refractivity contribution in [1.29, 1.82) is 0 Å². The number of carbonyl (C=O) groups is 4. The average Bonchev–Trinajstić information content (AvgIpc) is 4.03. The standard InChI is InChI=1S/C52H81N7O6S/c1-14-36(7)47(58(11)52(63)45(34(3)4)55-50(62)46(35(5)6)57(10)30-27-38-23-25-40(26-24-38)56(9)15-2)43(64-12)33-44(60)59-29-19-22-42(59)48(65-13)37(8)49(61)54-41(51-53-28-31-66-51)32-39-20-17-16-18-21-39/h16-18,20-21,23-26,28,31,34-37,41-43,45-48H,14-15,19,22,27,29-30,32-33H2,1-13H3,(H,54,61)(H,55,62)/t36-,37+,41-,42-,43+,45-,46-,47-,48+/m0/s1. The summed E-state index contributed by atoms with van der Waals surface area (Å²) >= 11 is 1.51. The van der Waals surface area contributed by atoms with E-state index in [2.05, 4.69) is 77.5 Å². The van der Waals surface area contributed by atoms with Crippen LogP contribution in [-0.2, 0) is 41.5 Å². The molecule has 1 fully saturated rings. The maximum atomic E-state index is 14.7. The zero-order valence-corrected chi connectivity index (χ0v) is 43.0. The molecule has 0 saturated carbocycles. The normalized spacial score (nSPS) is 17.8. The van der Waals surface area contributed by atoms with Crippen molar-refractivity contribution in [3.63, 3.8) is 0 Å². The minimum absolute atomic E-state index is 0.00228. The van der Waals surface area contributed by atoms with Crippen LogP contribution in [-0.4, -0.2) is 135 Å². The van der Waals surface area contributed by atoms with Gasteiger partial charge in [-0.25, -0.2) is 4.98 Å². The van der Waals surface area contributed by atoms with Crippen LogP contribution in [0, 0.1) is 23.7 Å². The highest BCUT2D eigenvalue weighted by molar-refractivity contribution is 7.09. The number of nitrogens with zero attached hydrogens (tertiary/aromatic N) is 5. The first-order chi connectivity index (χ1) is 31.5. The minimum Gasteiger partial charge on any atom is -0.379 e. The Labute approximate surface area is 400 Å². The molecule has 2 aromatic carbocycles. The molecule has 4 amide bonds. The Morgan fingerprint density at radius 3 is 2.11 bits per heavy atom. The van der Waals surface area contributed by atoms with Gasteiger partial charge in [0.25, 0.3) is 0 Å². The van der Waals surface area contributed by atoms with E-state index < -0.39 is 36.3 Å². The lowest BCUT2D eigenvalue weighted by Gasteiger charge is -2.41. The molecule has 0 spiro atoms. The van der Waals surface area contributed by atoms with Crippen molar-refractivity contribution < 1.29 is 28.7 Å². The number of amides is 4. The molecule has 2 N–H and O–H groups in total. The smallest absolute Gasteiger partial charge is 0.245 e. The Balaban J connectivity index is 1.46. The quantitative estimate of drug-likeness (QED) is 0.0853. The van der Waals surface area contributed by atoms with Gasteiger partial charge in [0.05, 0.1) is 48.7 Å². The highest BCUT2D eigenvalue weighted by Gasteiger charge is 2.43. The molecule has 366 valence electrons. The fourth-order valence-electron chi connectivity index (χ4n) is 9.59. The molecular formula is C52H81N7O6S. The number of likely N-dealkylation sites (tertiary alicyclic amines) is 1. The number of hydrogen-bond acceptors (Lipinski definition) is 10. The van der Waals surface area contributed by atoms with E-state index in [0.29, 0.717) is 25.9 Å². The molecule has 1 aromatic heterocycles. The molecule has 66 heavy (non-hydrogen) atoms. The summed E-state index contributed by atoms with van der Waals surface area (Å²) in [5.41, 5.74) is 3.46. The molecule has 13 nitrogen and oxygen atoms in total. The van der Waals surface area contributed by atoms with E-state index in [1.54, 1.807) is 32.4 Å². The molecule has 0 unspecified atom stereocenters. The van der Waals surface area contributed by atoms with Crippen molar-refractivity contribution in [3.05, 3.63) is 82.3 Å². The van der Waals surface area contributed by atoms with E-state index >= 15 is 0 Å². The van der Waals surface area contributed by atoms with Crippen molar-refractivity contribution in [3.8, 4) is 0 Å². The predicted molar refractivity (Wildman–Crippen MR) is 266 cm³/mol. The summed E-state index contributed by atoms with van der Waals surface area (Å²) in [6.07, 6.45) is 4.20. The summed E-state index contributed by atoms with van der Waals surface area (Å²) in [5.74, 6) is -1.48. The van der Waals surface area contributed by atoms with E-state index in [9.17, 15) is 19.2 Å². The van der Waals surface area contributed by atoms with Gasteiger partial charge in [-0.15, -0.1) is 11.3 Å². The van der Waals surface area contributed by atoms with Crippen molar-refractivity contribution >= 4 is 40.7 Å². The Morgan fingerprint density at radius 1 is 0.864 bits per heavy atom. The first-order valence-electron chi connectivity index (χ1n) is 24.1. The second-order valence-electron chi connectivity index (χ2n) is 19.0. The summed E-state index contributed by atoms with van der Waals surface area (Å²) in [4.78, 5) is 69.8. The molecular weight excluding hydrogens is 851 g/mol. The number of carbonyl (C=O) groups excluding carboxylic acids is 4. The second-order valence-corrected chi connectivity index (χ2v) is 20.0. The average molecular weight is 932 g/mol. The Hall–Kier alpha value is -4.37. The van der Waals surface area contributed by atoms with Gasteiger partial charge in [0.15, 0.2) is 0 Å². The lowest BCUT2D eigenvalue weighted by Crippen LogP contribution is -2.60. The number of anilines is 1. The number of hydrogen-bond donors (Lipinski definition) is 2. The minimum atomic E-state index is -0.791. The molecule has 14 heteroatoms. The van der Waals surface area contributed by atoms with Crippen LogP contribution in [0.1, 0.15) is 103 Å². The zero-order chi connectivity index (χ0) is 48.7. The van der Waals surface area contributed by atoms with E-state index in [1.165, 1.54) is 22.6 Å². The third-order valence-electron chi connectivity index (χ3n) is 13.8. The van der Waals surface area contributed by atoms with Crippen LogP contribution in [0.3, 0.4) is 0 Å². The number of likely N-dealkylation sites (N-methyl/N-ethyl adjacent to an activating group) is 2. The van der Waals surface area contributed by atoms with Gasteiger partial charge in [0.2, 0.25) is 23.6 Å². The number of methoxy groups -OCH3 is 2. The molecule has 0 aliphatic carbocycles. The molecule has 2 heterocycles. The number of rotatable bonds is 26. The lowest BCUT2D eigenvalue weighted by atomic mass is 9.89. The van der Waals surface area contributed by atoms with Crippen LogP contribution in [0.4, 0.5) is 5.69 Å². The summed E-state index contributed by atoms with van der Waals surface area (Å²) in [6, 6.07) is 16.3. The highest BCUT2D eigenvalue weighted by atomic mass is 32.1. The van der Waals surface area contributed by atoms with Crippen molar-refractivity contribution in [2.45, 2.75) is 136 Å². The maximum absolute atomic E-state index is 14.7. The van der Waals surface area contributed by atoms with Crippen LogP contribution >= 0.6 is 11.3 Å². The molecule has 1 aliphatic rings. The van der Waals surface area contributed by atoms with Gasteiger partial charge in [0.1, 0.15) is 11.0 Å². The summed E-state index contributed by atoms with van der Waals surface area (Å²) in [7, 11) is 9.01. The number of nitrogens with one attached hydrogen (secondary N) is 2. The molecule has 0 bridgehead atoms. The summed E-state index contributed by atoms with van der Waals surface area (Å²) < 4.78 is 12.2. The summed E-state index contributed by atoms with van der Waals surface area (Å²) in [6.45, 7) is 18.2. The first kappa shape index (κ1) is 54.2. The van der Waals surface area contributed by atoms with Crippen LogP contribution in [0.5, 0.6) is 0 Å². The van der Waals surface area contributed by atoms with E-state index in [-0.39, 0.29) is 59.9 Å². The van der Waals surface area contributed by atoms with Gasteiger partial charge in [-0.05, 0) is 80.7 Å². The Bertz CT molecular complexity index is 1930. The van der Waals surface area contributed by atoms with Gasteiger partial charge >= 0.3 is 0 Å². The first-order valence-corrected chi connectivity index (χ1v) is 25.0. The van der Waals surface area contributed by atoms with Crippen molar-refractivity contribution in [2.75, 3.05) is 59.9 Å². The lowest BCUT2D eigenvalue weighted by molar-refractivity contribution is -0.148. The van der Waals surface area contributed by atoms with Crippen molar-refractivity contribution in [1.82, 2.24) is 30.3 Å². The summed E-state index contributed by atoms with van der Waals surface area (Å²) in [5, 5.41) is 9.16. The number of aromatic nitrogens is 1. The fourth-order valence-corrected chi connectivity index (χ4v) is 10.3. The van der Waals surface area contributed by atoms with Crippen LogP contribution in [0.25, 0.3) is 0 Å². The number of benzene rings is 2. The maximum Gasteiger partial charge on any atom is 0.245 e. The monoisotopic (exact) mass is 932 g/mol. The SMILES string of the molecule is CC[C@H](C)[C@@H]([C@@H](CC(=O)N1CCC[C@H]1[C@H](OC)[C@@H](C)C(=O)N[C@@H](Cc1ccccc1)c1nccs1)OC)N(C)C(=O)[C@@H](NC(=O)[C@H](C(C)C)N(C)CCc1ccc(N(C)CC)cc1)C(C)C. The zero-order valence-electron chi connectivity index (χ0n) is 42.2. The van der Waals surface area contributed by atoms with Crippen molar-refractivity contribution in [2.24, 2.45) is 23.7 Å². The van der Waals surface area contributed by atoms with E-state index in [1.807, 2.05) is 82.3 Å². The number of ether oxygens (including phenoxy) is 2. The number of thiazole rings is 1. The topological polar surface area (TPSA) is 137 Å². The largest absolute Gasteiger partial charge is 0.379 e. The van der Waals surface area contributed by atoms with Gasteiger partial charge in [-0.2, -0.15) is 0 Å².